The maximum Gasteiger partial charge on any atom is 0.203 e. The molecule has 1 aromatic heterocycles. The van der Waals surface area contributed by atoms with Crippen molar-refractivity contribution in [2.75, 3.05) is 11.9 Å². The van der Waals surface area contributed by atoms with Crippen LogP contribution in [0.3, 0.4) is 0 Å². The molecule has 0 fully saturated rings. The summed E-state index contributed by atoms with van der Waals surface area (Å²) < 4.78 is 2.20. The topological polar surface area (TPSA) is 29.9 Å². The molecule has 1 unspecified atom stereocenters. The number of imidazole rings is 1. The highest BCUT2D eigenvalue weighted by Crippen LogP contribution is 2.19. The van der Waals surface area contributed by atoms with Crippen molar-refractivity contribution >= 4 is 5.95 Å². The molecule has 0 radical (unpaired) electrons. The smallest absolute Gasteiger partial charge is 0.203 e. The average Bonchev–Trinajstić information content (AvgIpc) is 2.71. The van der Waals surface area contributed by atoms with E-state index in [0.717, 1.165) is 24.7 Å². The lowest BCUT2D eigenvalue weighted by atomic mass is 10.0. The van der Waals surface area contributed by atoms with Crippen molar-refractivity contribution in [1.82, 2.24) is 9.55 Å². The molecule has 2 aromatic rings. The highest BCUT2D eigenvalue weighted by molar-refractivity contribution is 5.29. The molecule has 0 saturated heterocycles. The van der Waals surface area contributed by atoms with Crippen molar-refractivity contribution in [3.8, 4) is 0 Å². The molecule has 1 N–H and O–H groups in total. The van der Waals surface area contributed by atoms with E-state index in [1.165, 1.54) is 5.56 Å². The molecule has 0 aliphatic rings. The SMILES string of the molecule is CCNc1nc(C)cn1CC(C)c1ccccc1. The Morgan fingerprint density at radius 2 is 2.00 bits per heavy atom. The monoisotopic (exact) mass is 243 g/mol. The highest BCUT2D eigenvalue weighted by atomic mass is 15.2. The van der Waals surface area contributed by atoms with Gasteiger partial charge in [-0.1, -0.05) is 37.3 Å². The van der Waals surface area contributed by atoms with Crippen LogP contribution in [0, 0.1) is 6.92 Å². The lowest BCUT2D eigenvalue weighted by Crippen LogP contribution is -2.10. The second-order valence-electron chi connectivity index (χ2n) is 4.70. The van der Waals surface area contributed by atoms with Gasteiger partial charge in [0.1, 0.15) is 0 Å². The van der Waals surface area contributed by atoms with Gasteiger partial charge in [-0.2, -0.15) is 0 Å². The third-order valence-corrected chi connectivity index (χ3v) is 3.07. The van der Waals surface area contributed by atoms with Gasteiger partial charge in [0.2, 0.25) is 5.95 Å². The fourth-order valence-corrected chi connectivity index (χ4v) is 2.17. The Kier molecular flexibility index (Phi) is 4.03. The number of rotatable bonds is 5. The number of nitrogens with one attached hydrogen (secondary N) is 1. The Morgan fingerprint density at radius 1 is 1.28 bits per heavy atom. The minimum absolute atomic E-state index is 0.484. The van der Waals surface area contributed by atoms with Crippen molar-refractivity contribution in [2.24, 2.45) is 0 Å². The highest BCUT2D eigenvalue weighted by Gasteiger charge is 2.10. The first-order chi connectivity index (χ1) is 8.70. The van der Waals surface area contributed by atoms with Gasteiger partial charge in [-0.25, -0.2) is 4.98 Å². The summed E-state index contributed by atoms with van der Waals surface area (Å²) in [6, 6.07) is 10.6. The van der Waals surface area contributed by atoms with Crippen LogP contribution >= 0.6 is 0 Å². The van der Waals surface area contributed by atoms with Gasteiger partial charge in [0, 0.05) is 19.3 Å². The molecule has 0 aliphatic heterocycles. The van der Waals surface area contributed by atoms with Gasteiger partial charge in [-0.05, 0) is 25.3 Å². The summed E-state index contributed by atoms with van der Waals surface area (Å²) >= 11 is 0. The quantitative estimate of drug-likeness (QED) is 0.872. The first kappa shape index (κ1) is 12.7. The fourth-order valence-electron chi connectivity index (χ4n) is 2.17. The summed E-state index contributed by atoms with van der Waals surface area (Å²) in [5.74, 6) is 1.45. The Labute approximate surface area is 109 Å². The van der Waals surface area contributed by atoms with Crippen molar-refractivity contribution in [1.29, 1.82) is 0 Å². The lowest BCUT2D eigenvalue weighted by molar-refractivity contribution is 0.601. The van der Waals surface area contributed by atoms with Crippen molar-refractivity contribution in [2.45, 2.75) is 33.2 Å². The van der Waals surface area contributed by atoms with E-state index < -0.39 is 0 Å². The van der Waals surface area contributed by atoms with Gasteiger partial charge >= 0.3 is 0 Å². The first-order valence-corrected chi connectivity index (χ1v) is 6.53. The molecule has 0 amide bonds. The molecule has 3 heteroatoms. The van der Waals surface area contributed by atoms with Crippen LogP contribution in [0.15, 0.2) is 36.5 Å². The first-order valence-electron chi connectivity index (χ1n) is 6.53. The van der Waals surface area contributed by atoms with Gasteiger partial charge in [-0.3, -0.25) is 0 Å². The number of anilines is 1. The number of hydrogen-bond donors (Lipinski definition) is 1. The Hall–Kier alpha value is -1.77. The van der Waals surface area contributed by atoms with E-state index in [2.05, 4.69) is 65.2 Å². The van der Waals surface area contributed by atoms with E-state index in [1.807, 2.05) is 6.92 Å². The standard InChI is InChI=1S/C15H21N3/c1-4-16-15-17-13(3)11-18(15)10-12(2)14-8-6-5-7-9-14/h5-9,11-12H,4,10H2,1-3H3,(H,16,17). The van der Waals surface area contributed by atoms with E-state index in [-0.39, 0.29) is 0 Å². The zero-order chi connectivity index (χ0) is 13.0. The third-order valence-electron chi connectivity index (χ3n) is 3.07. The average molecular weight is 243 g/mol. The summed E-state index contributed by atoms with van der Waals surface area (Å²) in [7, 11) is 0. The fraction of sp³-hybridized carbons (Fsp3) is 0.400. The molecule has 1 heterocycles. The van der Waals surface area contributed by atoms with Gasteiger partial charge in [0.25, 0.3) is 0 Å². The Bertz CT molecular complexity index is 488. The summed E-state index contributed by atoms with van der Waals surface area (Å²) in [5.41, 5.74) is 2.43. The minimum atomic E-state index is 0.484. The van der Waals surface area contributed by atoms with Crippen molar-refractivity contribution < 1.29 is 0 Å². The van der Waals surface area contributed by atoms with E-state index in [9.17, 15) is 0 Å². The Balaban J connectivity index is 2.13. The molecule has 0 bridgehead atoms. The predicted molar refractivity (Wildman–Crippen MR) is 76.0 cm³/mol. The van der Waals surface area contributed by atoms with Crippen LogP contribution in [0.25, 0.3) is 0 Å². The summed E-state index contributed by atoms with van der Waals surface area (Å²) in [4.78, 5) is 4.50. The third kappa shape index (κ3) is 2.92. The van der Waals surface area contributed by atoms with Crippen molar-refractivity contribution in [3.63, 3.8) is 0 Å². The van der Waals surface area contributed by atoms with Crippen LogP contribution in [0.1, 0.15) is 31.0 Å². The normalized spacial score (nSPS) is 12.4. The zero-order valence-corrected chi connectivity index (χ0v) is 11.4. The largest absolute Gasteiger partial charge is 0.356 e. The van der Waals surface area contributed by atoms with Crippen LogP contribution in [0.2, 0.25) is 0 Å². The number of benzene rings is 1. The molecule has 3 nitrogen and oxygen atoms in total. The molecule has 1 atom stereocenters. The molecule has 96 valence electrons. The van der Waals surface area contributed by atoms with Crippen LogP contribution in [0.4, 0.5) is 5.95 Å². The van der Waals surface area contributed by atoms with Crippen LogP contribution in [-0.2, 0) is 6.54 Å². The minimum Gasteiger partial charge on any atom is -0.356 e. The Morgan fingerprint density at radius 3 is 2.67 bits per heavy atom. The summed E-state index contributed by atoms with van der Waals surface area (Å²) in [6.45, 7) is 8.23. The second-order valence-corrected chi connectivity index (χ2v) is 4.70. The molecule has 0 aliphatic carbocycles. The number of nitrogens with zero attached hydrogens (tertiary/aromatic N) is 2. The predicted octanol–water partition coefficient (Wildman–Crippen LogP) is 3.43. The maximum atomic E-state index is 4.50. The second kappa shape index (κ2) is 5.71. The molecular weight excluding hydrogens is 222 g/mol. The van der Waals surface area contributed by atoms with E-state index in [4.69, 9.17) is 0 Å². The molecular formula is C15H21N3. The maximum absolute atomic E-state index is 4.50. The van der Waals surface area contributed by atoms with Crippen molar-refractivity contribution in [3.05, 3.63) is 47.8 Å². The molecule has 0 saturated carbocycles. The molecule has 2 rings (SSSR count). The van der Waals surface area contributed by atoms with Gasteiger partial charge in [-0.15, -0.1) is 0 Å². The zero-order valence-electron chi connectivity index (χ0n) is 11.4. The summed E-state index contributed by atoms with van der Waals surface area (Å²) in [5, 5.41) is 3.31. The number of hydrogen-bond acceptors (Lipinski definition) is 2. The van der Waals surface area contributed by atoms with Crippen LogP contribution < -0.4 is 5.32 Å². The van der Waals surface area contributed by atoms with Gasteiger partial charge < -0.3 is 9.88 Å². The summed E-state index contributed by atoms with van der Waals surface area (Å²) in [6.07, 6.45) is 2.11. The van der Waals surface area contributed by atoms with Gasteiger partial charge in [0.05, 0.1) is 5.69 Å². The van der Waals surface area contributed by atoms with Crippen LogP contribution in [0.5, 0.6) is 0 Å². The molecule has 1 aromatic carbocycles. The van der Waals surface area contributed by atoms with E-state index >= 15 is 0 Å². The van der Waals surface area contributed by atoms with E-state index in [0.29, 0.717) is 5.92 Å². The number of aryl methyl sites for hydroxylation is 1. The molecule has 18 heavy (non-hydrogen) atoms. The van der Waals surface area contributed by atoms with E-state index in [1.54, 1.807) is 0 Å². The molecule has 0 spiro atoms. The number of aromatic nitrogens is 2. The lowest BCUT2D eigenvalue weighted by Gasteiger charge is -2.15. The van der Waals surface area contributed by atoms with Gasteiger partial charge in [0.15, 0.2) is 0 Å². The van der Waals surface area contributed by atoms with Crippen LogP contribution in [-0.4, -0.2) is 16.1 Å².